The Morgan fingerprint density at radius 3 is 2.35 bits per heavy atom. The van der Waals surface area contributed by atoms with Gasteiger partial charge in [-0.1, -0.05) is 38.1 Å². The van der Waals surface area contributed by atoms with Gasteiger partial charge < -0.3 is 5.73 Å². The van der Waals surface area contributed by atoms with Crippen molar-refractivity contribution in [3.05, 3.63) is 35.4 Å². The summed E-state index contributed by atoms with van der Waals surface area (Å²) in [5, 5.41) is 0. The average molecular weight is 295 g/mol. The predicted molar refractivity (Wildman–Crippen MR) is 92.4 cm³/mol. The van der Waals surface area contributed by atoms with E-state index in [1.165, 1.54) is 11.1 Å². The lowest BCUT2D eigenvalue weighted by molar-refractivity contribution is 0.157. The molecule has 0 aliphatic carbocycles. The number of thioether (sulfide) groups is 1. The molecule has 3 unspecified atom stereocenters. The van der Waals surface area contributed by atoms with Crippen molar-refractivity contribution in [3.8, 4) is 0 Å². The quantitative estimate of drug-likeness (QED) is 0.789. The molecule has 1 aromatic carbocycles. The minimum atomic E-state index is 0.178. The summed E-state index contributed by atoms with van der Waals surface area (Å²) >= 11 is 1.92. The molecule has 0 bridgehead atoms. The molecule has 0 saturated heterocycles. The highest BCUT2D eigenvalue weighted by Crippen LogP contribution is 2.29. The fourth-order valence-corrected chi connectivity index (χ4v) is 3.69. The Bertz CT molecular complexity index is 394. The van der Waals surface area contributed by atoms with E-state index in [4.69, 9.17) is 5.73 Å². The average Bonchev–Trinajstić information content (AvgIpc) is 2.46. The Hall–Kier alpha value is -0.510. The summed E-state index contributed by atoms with van der Waals surface area (Å²) in [5.74, 6) is 1.16. The maximum absolute atomic E-state index is 6.46. The minimum Gasteiger partial charge on any atom is -0.326 e. The third-order valence-electron chi connectivity index (χ3n) is 4.23. The van der Waals surface area contributed by atoms with Crippen molar-refractivity contribution in [3.63, 3.8) is 0 Å². The van der Waals surface area contributed by atoms with Gasteiger partial charge in [0.25, 0.3) is 0 Å². The number of aryl methyl sites for hydroxylation is 1. The van der Waals surface area contributed by atoms with Crippen LogP contribution in [0.5, 0.6) is 0 Å². The summed E-state index contributed by atoms with van der Waals surface area (Å²) in [4.78, 5) is 2.49. The van der Waals surface area contributed by atoms with Gasteiger partial charge in [0.1, 0.15) is 0 Å². The maximum Gasteiger partial charge on any atom is 0.0501 e. The first-order valence-electron chi connectivity index (χ1n) is 7.58. The molecular formula is C17H30N2S. The lowest BCUT2D eigenvalue weighted by Gasteiger charge is -2.38. The molecule has 0 aromatic heterocycles. The second-order valence-electron chi connectivity index (χ2n) is 5.56. The van der Waals surface area contributed by atoms with Gasteiger partial charge in [-0.2, -0.15) is 11.8 Å². The molecule has 1 rings (SSSR count). The maximum atomic E-state index is 6.46. The van der Waals surface area contributed by atoms with Crippen LogP contribution in [0.1, 0.15) is 43.9 Å². The van der Waals surface area contributed by atoms with Crippen molar-refractivity contribution in [2.24, 2.45) is 5.73 Å². The zero-order valence-corrected chi connectivity index (χ0v) is 14.4. The largest absolute Gasteiger partial charge is 0.326 e. The van der Waals surface area contributed by atoms with Crippen LogP contribution in [0.2, 0.25) is 0 Å². The molecule has 0 amide bonds. The lowest BCUT2D eigenvalue weighted by Crippen LogP contribution is -2.45. The van der Waals surface area contributed by atoms with Crippen LogP contribution in [-0.2, 0) is 0 Å². The van der Waals surface area contributed by atoms with E-state index in [0.29, 0.717) is 12.1 Å². The van der Waals surface area contributed by atoms with E-state index in [2.05, 4.69) is 63.2 Å². The van der Waals surface area contributed by atoms with Crippen LogP contribution >= 0.6 is 11.8 Å². The van der Waals surface area contributed by atoms with Crippen molar-refractivity contribution >= 4 is 11.8 Å². The molecule has 0 saturated carbocycles. The van der Waals surface area contributed by atoms with Crippen molar-refractivity contribution in [1.29, 1.82) is 0 Å². The van der Waals surface area contributed by atoms with Crippen molar-refractivity contribution in [2.45, 2.75) is 51.7 Å². The highest BCUT2D eigenvalue weighted by atomic mass is 32.2. The van der Waals surface area contributed by atoms with Crippen LogP contribution in [0.3, 0.4) is 0 Å². The lowest BCUT2D eigenvalue weighted by atomic mass is 9.92. The first kappa shape index (κ1) is 17.5. The molecule has 0 aliphatic heterocycles. The standard InChI is InChI=1S/C17H30N2S/c1-6-14(12-20-5)19(4)17(16(18)7-2)15-11-9-8-10-13(15)3/h8-11,14,16-17H,6-7,12,18H2,1-5H3. The van der Waals surface area contributed by atoms with Crippen LogP contribution in [-0.4, -0.2) is 36.0 Å². The second kappa shape index (κ2) is 8.71. The minimum absolute atomic E-state index is 0.178. The summed E-state index contributed by atoms with van der Waals surface area (Å²) in [5.41, 5.74) is 9.18. The number of nitrogens with zero attached hydrogens (tertiary/aromatic N) is 1. The predicted octanol–water partition coefficient (Wildman–Crippen LogP) is 3.85. The number of rotatable bonds is 8. The first-order chi connectivity index (χ1) is 9.56. The van der Waals surface area contributed by atoms with E-state index in [1.807, 2.05) is 11.8 Å². The van der Waals surface area contributed by atoms with E-state index in [0.717, 1.165) is 18.6 Å². The van der Waals surface area contributed by atoms with Crippen LogP contribution in [0.25, 0.3) is 0 Å². The molecule has 3 heteroatoms. The van der Waals surface area contributed by atoms with Crippen LogP contribution in [0.4, 0.5) is 0 Å². The van der Waals surface area contributed by atoms with Gasteiger partial charge in [0, 0.05) is 17.8 Å². The van der Waals surface area contributed by atoms with Gasteiger partial charge in [0.05, 0.1) is 6.04 Å². The van der Waals surface area contributed by atoms with Crippen molar-refractivity contribution in [1.82, 2.24) is 4.90 Å². The van der Waals surface area contributed by atoms with E-state index in [9.17, 15) is 0 Å². The number of nitrogens with two attached hydrogens (primary N) is 1. The third-order valence-corrected chi connectivity index (χ3v) is 4.95. The third kappa shape index (κ3) is 4.24. The second-order valence-corrected chi connectivity index (χ2v) is 6.47. The van der Waals surface area contributed by atoms with Gasteiger partial charge in [-0.3, -0.25) is 4.90 Å². The Labute approximate surface area is 129 Å². The van der Waals surface area contributed by atoms with E-state index in [1.54, 1.807) is 0 Å². The smallest absolute Gasteiger partial charge is 0.0501 e. The van der Waals surface area contributed by atoms with Gasteiger partial charge in [0.2, 0.25) is 0 Å². The molecule has 0 heterocycles. The SMILES string of the molecule is CCC(N)C(c1ccccc1C)N(C)C(CC)CSC. The van der Waals surface area contributed by atoms with Crippen molar-refractivity contribution < 1.29 is 0 Å². The Morgan fingerprint density at radius 1 is 1.20 bits per heavy atom. The fraction of sp³-hybridized carbons (Fsp3) is 0.647. The van der Waals surface area contributed by atoms with Crippen molar-refractivity contribution in [2.75, 3.05) is 19.1 Å². The van der Waals surface area contributed by atoms with Gasteiger partial charge >= 0.3 is 0 Å². The molecule has 0 spiro atoms. The summed E-state index contributed by atoms with van der Waals surface area (Å²) in [6.45, 7) is 6.64. The molecule has 0 aliphatic rings. The molecule has 114 valence electrons. The Balaban J connectivity index is 3.09. The topological polar surface area (TPSA) is 29.3 Å². The van der Waals surface area contributed by atoms with Gasteiger partial charge in [-0.25, -0.2) is 0 Å². The molecular weight excluding hydrogens is 264 g/mol. The monoisotopic (exact) mass is 294 g/mol. The van der Waals surface area contributed by atoms with Crippen LogP contribution in [0, 0.1) is 6.92 Å². The molecule has 0 fully saturated rings. The zero-order chi connectivity index (χ0) is 15.1. The first-order valence-corrected chi connectivity index (χ1v) is 8.98. The number of likely N-dealkylation sites (N-methyl/N-ethyl adjacent to an activating group) is 1. The summed E-state index contributed by atoms with van der Waals surface area (Å²) in [7, 11) is 2.23. The highest BCUT2D eigenvalue weighted by Gasteiger charge is 2.28. The van der Waals surface area contributed by atoms with E-state index < -0.39 is 0 Å². The Morgan fingerprint density at radius 2 is 1.85 bits per heavy atom. The van der Waals surface area contributed by atoms with Gasteiger partial charge in [-0.05, 0) is 44.2 Å². The summed E-state index contributed by atoms with van der Waals surface area (Å²) in [6, 6.07) is 9.71. The Kier molecular flexibility index (Phi) is 7.63. The van der Waals surface area contributed by atoms with Gasteiger partial charge in [0.15, 0.2) is 0 Å². The zero-order valence-electron chi connectivity index (χ0n) is 13.6. The van der Waals surface area contributed by atoms with Gasteiger partial charge in [-0.15, -0.1) is 0 Å². The molecule has 0 radical (unpaired) electrons. The molecule has 2 nitrogen and oxygen atoms in total. The fourth-order valence-electron chi connectivity index (χ4n) is 2.84. The molecule has 1 aromatic rings. The van der Waals surface area contributed by atoms with Crippen LogP contribution < -0.4 is 5.73 Å². The van der Waals surface area contributed by atoms with Crippen LogP contribution in [0.15, 0.2) is 24.3 Å². The molecule has 20 heavy (non-hydrogen) atoms. The molecule has 3 atom stereocenters. The normalized spacial score (nSPS) is 16.1. The number of hydrogen-bond acceptors (Lipinski definition) is 3. The molecule has 2 N–H and O–H groups in total. The summed E-state index contributed by atoms with van der Waals surface area (Å²) in [6.07, 6.45) is 4.34. The number of hydrogen-bond donors (Lipinski definition) is 1. The van der Waals surface area contributed by atoms with E-state index >= 15 is 0 Å². The highest BCUT2D eigenvalue weighted by molar-refractivity contribution is 7.98. The number of benzene rings is 1. The summed E-state index contributed by atoms with van der Waals surface area (Å²) < 4.78 is 0. The van der Waals surface area contributed by atoms with E-state index in [-0.39, 0.29) is 6.04 Å².